The smallest absolute Gasteiger partial charge is 0.269 e. The second kappa shape index (κ2) is 5.51. The zero-order chi connectivity index (χ0) is 19.8. The Bertz CT molecular complexity index is 1070. The number of anilines is 2. The molecule has 1 saturated heterocycles. The lowest BCUT2D eigenvalue weighted by molar-refractivity contribution is -0.124. The molecule has 0 radical (unpaired) electrons. The minimum Gasteiger partial charge on any atom is -0.299 e. The molecular formula is C23H22N2O2S. The predicted molar refractivity (Wildman–Crippen MR) is 114 cm³/mol. The van der Waals surface area contributed by atoms with Crippen molar-refractivity contribution in [3.8, 4) is 0 Å². The summed E-state index contributed by atoms with van der Waals surface area (Å²) in [6.45, 7) is 8.28. The number of carbonyl (C=O) groups is 2. The number of allylic oxidation sites excluding steroid dienone is 1. The molecule has 3 aliphatic heterocycles. The summed E-state index contributed by atoms with van der Waals surface area (Å²) in [6.07, 6.45) is 2.16. The summed E-state index contributed by atoms with van der Waals surface area (Å²) < 4.78 is 0. The van der Waals surface area contributed by atoms with Gasteiger partial charge in [0.1, 0.15) is 0 Å². The number of benzene rings is 2. The molecular weight excluding hydrogens is 368 g/mol. The van der Waals surface area contributed by atoms with Gasteiger partial charge in [0.25, 0.3) is 5.91 Å². The number of fused-ring (bicyclic) bond motifs is 1. The molecule has 5 rings (SSSR count). The third kappa shape index (κ3) is 2.03. The first kappa shape index (κ1) is 17.6. The van der Waals surface area contributed by atoms with Crippen molar-refractivity contribution >= 4 is 40.5 Å². The van der Waals surface area contributed by atoms with Gasteiger partial charge in [0, 0.05) is 16.8 Å². The second-order valence-corrected chi connectivity index (χ2v) is 9.50. The van der Waals surface area contributed by atoms with Crippen molar-refractivity contribution in [1.82, 2.24) is 0 Å². The number of thioether (sulfide) groups is 1. The molecule has 0 saturated carbocycles. The summed E-state index contributed by atoms with van der Waals surface area (Å²) in [5, 5.41) is 0. The Hall–Kier alpha value is -2.53. The van der Waals surface area contributed by atoms with E-state index < -0.39 is 10.4 Å². The zero-order valence-corrected chi connectivity index (χ0v) is 17.3. The molecule has 4 nitrogen and oxygen atoms in total. The van der Waals surface area contributed by atoms with Crippen LogP contribution in [0.15, 0.2) is 48.5 Å². The molecule has 3 heterocycles. The van der Waals surface area contributed by atoms with Gasteiger partial charge in [0.15, 0.2) is 0 Å². The van der Waals surface area contributed by atoms with E-state index in [2.05, 4.69) is 45.9 Å². The Morgan fingerprint density at radius 2 is 1.71 bits per heavy atom. The molecule has 0 bridgehead atoms. The van der Waals surface area contributed by atoms with E-state index in [9.17, 15) is 9.59 Å². The molecule has 1 spiro atoms. The van der Waals surface area contributed by atoms with E-state index in [1.807, 2.05) is 35.2 Å². The number of hydrogen-bond donors (Lipinski definition) is 0. The molecule has 0 aliphatic carbocycles. The van der Waals surface area contributed by atoms with Crippen LogP contribution in [0.1, 0.15) is 37.5 Å². The molecule has 0 N–H and O–H groups in total. The van der Waals surface area contributed by atoms with Gasteiger partial charge < -0.3 is 0 Å². The quantitative estimate of drug-likeness (QED) is 0.721. The SMILES string of the molecule is CC1=CC(C)(C)N2C(=O)[C@]3(SCC(=O)N3c3ccccc3)c3cc(C)cc1c32. The molecule has 1 fully saturated rings. The third-order valence-electron chi connectivity index (χ3n) is 5.89. The monoisotopic (exact) mass is 390 g/mol. The highest BCUT2D eigenvalue weighted by Crippen LogP contribution is 2.60. The van der Waals surface area contributed by atoms with Crippen LogP contribution in [0.25, 0.3) is 5.57 Å². The number of carbonyl (C=O) groups excluding carboxylic acids is 2. The Labute approximate surface area is 169 Å². The average molecular weight is 391 g/mol. The number of aryl methyl sites for hydroxylation is 1. The molecule has 5 heteroatoms. The van der Waals surface area contributed by atoms with Gasteiger partial charge in [-0.05, 0) is 57.0 Å². The molecule has 2 aromatic carbocycles. The summed E-state index contributed by atoms with van der Waals surface area (Å²) in [7, 11) is 0. The Morgan fingerprint density at radius 1 is 1.00 bits per heavy atom. The number of nitrogens with zero attached hydrogens (tertiary/aromatic N) is 2. The summed E-state index contributed by atoms with van der Waals surface area (Å²) >= 11 is 1.44. The summed E-state index contributed by atoms with van der Waals surface area (Å²) in [6, 6.07) is 13.8. The van der Waals surface area contributed by atoms with Gasteiger partial charge >= 0.3 is 0 Å². The molecule has 3 aliphatic rings. The minimum absolute atomic E-state index is 0.0252. The van der Waals surface area contributed by atoms with Crippen LogP contribution < -0.4 is 9.80 Å². The fourth-order valence-corrected chi connectivity index (χ4v) is 6.22. The van der Waals surface area contributed by atoms with E-state index >= 15 is 0 Å². The van der Waals surface area contributed by atoms with Crippen molar-refractivity contribution in [2.75, 3.05) is 15.6 Å². The normalized spacial score (nSPS) is 24.8. The first-order valence-corrected chi connectivity index (χ1v) is 10.5. The zero-order valence-electron chi connectivity index (χ0n) is 16.4. The van der Waals surface area contributed by atoms with Crippen LogP contribution in [-0.4, -0.2) is 23.1 Å². The fraction of sp³-hybridized carbons (Fsp3) is 0.304. The molecule has 28 heavy (non-hydrogen) atoms. The van der Waals surface area contributed by atoms with E-state index in [0.29, 0.717) is 5.75 Å². The highest BCUT2D eigenvalue weighted by Gasteiger charge is 2.64. The van der Waals surface area contributed by atoms with E-state index in [-0.39, 0.29) is 11.8 Å². The summed E-state index contributed by atoms with van der Waals surface area (Å²) in [5.74, 6) is 0.245. The fourth-order valence-electron chi connectivity index (χ4n) is 4.90. The molecule has 1 atom stereocenters. The van der Waals surface area contributed by atoms with E-state index in [1.54, 1.807) is 4.90 Å². The van der Waals surface area contributed by atoms with E-state index in [1.165, 1.54) is 17.3 Å². The van der Waals surface area contributed by atoms with Crippen LogP contribution in [0.3, 0.4) is 0 Å². The Morgan fingerprint density at radius 3 is 2.43 bits per heavy atom. The second-order valence-electron chi connectivity index (χ2n) is 8.33. The Kier molecular flexibility index (Phi) is 3.45. The van der Waals surface area contributed by atoms with Crippen molar-refractivity contribution < 1.29 is 9.59 Å². The van der Waals surface area contributed by atoms with Gasteiger partial charge in [-0.15, -0.1) is 11.8 Å². The van der Waals surface area contributed by atoms with Gasteiger partial charge in [-0.2, -0.15) is 0 Å². The first-order valence-electron chi connectivity index (χ1n) is 9.49. The lowest BCUT2D eigenvalue weighted by Gasteiger charge is -2.40. The van der Waals surface area contributed by atoms with Gasteiger partial charge in [0.2, 0.25) is 10.8 Å². The number of amides is 2. The summed E-state index contributed by atoms with van der Waals surface area (Å²) in [4.78, 5) is 29.7. The number of para-hydroxylation sites is 1. The van der Waals surface area contributed by atoms with Crippen LogP contribution in [-0.2, 0) is 14.5 Å². The van der Waals surface area contributed by atoms with Gasteiger partial charge in [0.05, 0.1) is 17.0 Å². The standard InChI is InChI=1S/C23H22N2O2S/c1-14-10-17-15(2)12-22(3,4)25-20(17)18(11-14)23(21(25)27)24(19(26)13-28-23)16-8-6-5-7-9-16/h5-12H,13H2,1-4H3/t23-/m1/s1. The number of rotatable bonds is 1. The van der Waals surface area contributed by atoms with Crippen LogP contribution in [0.4, 0.5) is 11.4 Å². The molecule has 0 aromatic heterocycles. The van der Waals surface area contributed by atoms with E-state index in [4.69, 9.17) is 0 Å². The van der Waals surface area contributed by atoms with E-state index in [0.717, 1.165) is 28.1 Å². The molecule has 142 valence electrons. The Balaban J connectivity index is 1.84. The van der Waals surface area contributed by atoms with Crippen molar-refractivity contribution in [2.45, 2.75) is 38.1 Å². The lowest BCUT2D eigenvalue weighted by Crippen LogP contribution is -2.54. The average Bonchev–Trinajstić information content (AvgIpc) is 3.11. The largest absolute Gasteiger partial charge is 0.299 e. The topological polar surface area (TPSA) is 40.6 Å². The maximum Gasteiger partial charge on any atom is 0.269 e. The maximum absolute atomic E-state index is 14.0. The van der Waals surface area contributed by atoms with Crippen LogP contribution in [0, 0.1) is 6.92 Å². The predicted octanol–water partition coefficient (Wildman–Crippen LogP) is 4.47. The number of hydrogen-bond acceptors (Lipinski definition) is 3. The van der Waals surface area contributed by atoms with Crippen molar-refractivity contribution in [2.24, 2.45) is 0 Å². The molecule has 2 aromatic rings. The minimum atomic E-state index is -1.04. The molecule has 0 unspecified atom stereocenters. The van der Waals surface area contributed by atoms with Gasteiger partial charge in [-0.1, -0.05) is 30.3 Å². The van der Waals surface area contributed by atoms with Gasteiger partial charge in [-0.3, -0.25) is 19.4 Å². The summed E-state index contributed by atoms with van der Waals surface area (Å²) in [5.41, 5.74) is 5.58. The lowest BCUT2D eigenvalue weighted by atomic mass is 9.88. The van der Waals surface area contributed by atoms with Crippen molar-refractivity contribution in [1.29, 1.82) is 0 Å². The van der Waals surface area contributed by atoms with Crippen LogP contribution in [0.5, 0.6) is 0 Å². The van der Waals surface area contributed by atoms with Crippen molar-refractivity contribution in [3.05, 3.63) is 65.2 Å². The highest BCUT2D eigenvalue weighted by molar-refractivity contribution is 8.02. The van der Waals surface area contributed by atoms with Crippen LogP contribution >= 0.6 is 11.8 Å². The highest BCUT2D eigenvalue weighted by atomic mass is 32.2. The third-order valence-corrected chi connectivity index (χ3v) is 7.28. The first-order chi connectivity index (χ1) is 13.3. The maximum atomic E-state index is 14.0. The van der Waals surface area contributed by atoms with Crippen molar-refractivity contribution in [3.63, 3.8) is 0 Å². The molecule has 2 amide bonds. The van der Waals surface area contributed by atoms with Gasteiger partial charge in [-0.25, -0.2) is 0 Å². The van der Waals surface area contributed by atoms with Crippen LogP contribution in [0.2, 0.25) is 0 Å².